The maximum absolute atomic E-state index is 13.8. The van der Waals surface area contributed by atoms with E-state index in [0.717, 1.165) is 132 Å². The Morgan fingerprint density at radius 1 is 0.549 bits per heavy atom. The topological polar surface area (TPSA) is 339 Å². The van der Waals surface area contributed by atoms with Gasteiger partial charge in [0.2, 0.25) is 49.6 Å². The fourth-order valence-corrected chi connectivity index (χ4v) is 21.7. The van der Waals surface area contributed by atoms with Gasteiger partial charge in [-0.25, -0.2) is 26.6 Å². The predicted octanol–water partition coefficient (Wildman–Crippen LogP) is 6.78. The third kappa shape index (κ3) is 16.1. The van der Waals surface area contributed by atoms with Gasteiger partial charge in [-0.2, -0.15) is 13.6 Å². The fourth-order valence-electron chi connectivity index (χ4n) is 18.7. The van der Waals surface area contributed by atoms with Gasteiger partial charge >= 0.3 is 6.09 Å². The Bertz CT molecular complexity index is 4990. The molecule has 17 rings (SSSR count). The van der Waals surface area contributed by atoms with E-state index in [0.29, 0.717) is 111 Å². The second-order valence-corrected chi connectivity index (χ2v) is 36.9. The molecule has 11 aliphatic rings. The maximum atomic E-state index is 13.8. The molecule has 2 atom stereocenters. The summed E-state index contributed by atoms with van der Waals surface area (Å²) in [5.74, 6) is -0.207. The molecule has 1 saturated carbocycles. The van der Waals surface area contributed by atoms with E-state index in [4.69, 9.17) is 14.5 Å². The van der Waals surface area contributed by atoms with Crippen LogP contribution in [-0.4, -0.2) is 244 Å². The van der Waals surface area contributed by atoms with Crippen molar-refractivity contribution in [3.63, 3.8) is 0 Å². The lowest BCUT2D eigenvalue weighted by molar-refractivity contribution is -0.138. The summed E-state index contributed by atoms with van der Waals surface area (Å²) in [6, 6.07) is 28.2. The van der Waals surface area contributed by atoms with E-state index in [9.17, 15) is 60.3 Å². The van der Waals surface area contributed by atoms with E-state index < -0.39 is 55.6 Å². The molecule has 4 N–H and O–H groups in total. The van der Waals surface area contributed by atoms with Crippen LogP contribution in [0.2, 0.25) is 0 Å². The molecule has 10 aliphatic heterocycles. The van der Waals surface area contributed by atoms with Gasteiger partial charge in [0.05, 0.1) is 9.79 Å². The molecule has 1 aliphatic carbocycles. The zero-order valence-electron chi connectivity index (χ0n) is 64.1. The molecular weight excluding hydrogens is 1490 g/mol. The van der Waals surface area contributed by atoms with Crippen molar-refractivity contribution in [3.05, 3.63) is 136 Å². The largest absolute Gasteiger partial charge is 0.488 e. The predicted molar refractivity (Wildman–Crippen MR) is 418 cm³/mol. The molecule has 0 bridgehead atoms. The van der Waals surface area contributed by atoms with Gasteiger partial charge in [-0.05, 0) is 176 Å². The van der Waals surface area contributed by atoms with Crippen LogP contribution in [0.3, 0.4) is 0 Å². The van der Waals surface area contributed by atoms with Crippen LogP contribution in [0.1, 0.15) is 161 Å². The number of fused-ring (bicyclic) bond motifs is 3. The van der Waals surface area contributed by atoms with Crippen molar-refractivity contribution in [3.8, 4) is 11.5 Å². The minimum absolute atomic E-state index is 0.00588. The minimum Gasteiger partial charge on any atom is -0.488 e. The summed E-state index contributed by atoms with van der Waals surface area (Å²) in [6.45, 7) is 14.1. The Hall–Kier alpha value is -9.60. The van der Waals surface area contributed by atoms with Crippen molar-refractivity contribution >= 4 is 89.9 Å². The molecule has 7 amide bonds. The van der Waals surface area contributed by atoms with Crippen LogP contribution in [0.15, 0.2) is 118 Å². The molecule has 30 nitrogen and oxygen atoms in total. The standard InChI is InChI=1S/C44H51N9O7S.C37H48N6O8S/c54-39-12-11-38(42(56)47-39)52-25-29-22-33(9-10-37(29)43(52)57)49-18-16-31(17-19-49)50-26-35(27-50)60-34-6-3-7-36(23-34)61(58,59)51-20-14-30(15-21-51)46-44-45-24-28-8-13-40(55)53(41(28)48-44)32-4-1-2-5-32;1-37(2,3)43(36(47)48)26-13-17-41(18-14-26)52(49,50)30-6-4-5-28(20-30)51-29-22-40(23-29)25-11-15-39(16-12-25)27-7-8-31-24(19-27)21-42(35(31)46)32-9-10-33(44)38-34(32)45/h3,6-10,13,22-24,30-32,35,38H,1-2,4-5,11-12,14-21,25-27H2,(H,45,46,48)(H,47,54,56);4-8,19-20,25-26,29,32H,9-18,21-23H2,1-3H3,(H,47,48)(H,38,44,45). The number of hydrogen-bond acceptors (Lipinski definition) is 21. The number of nitrogens with one attached hydrogen (secondary N) is 3. The van der Waals surface area contributed by atoms with E-state index in [1.54, 1.807) is 74.9 Å². The summed E-state index contributed by atoms with van der Waals surface area (Å²) in [7, 11) is -7.50. The number of nitrogens with zero attached hydrogens (tertiary/aromatic N) is 12. The second kappa shape index (κ2) is 31.6. The van der Waals surface area contributed by atoms with Crippen LogP contribution >= 0.6 is 0 Å². The third-order valence-corrected chi connectivity index (χ3v) is 28.6. The number of aromatic nitrogens is 3. The number of likely N-dealkylation sites (tertiary alicyclic amines) is 2. The summed E-state index contributed by atoms with van der Waals surface area (Å²) in [5, 5.41) is 18.7. The number of amides is 7. The van der Waals surface area contributed by atoms with E-state index >= 15 is 0 Å². The fraction of sp³-hybridized carbons (Fsp3) is 0.531. The van der Waals surface area contributed by atoms with Crippen LogP contribution in [0, 0.1) is 0 Å². The van der Waals surface area contributed by atoms with Gasteiger partial charge in [-0.15, -0.1) is 0 Å². The van der Waals surface area contributed by atoms with Gasteiger partial charge in [0.1, 0.15) is 41.4 Å². The first kappa shape index (κ1) is 77.3. The molecule has 9 fully saturated rings. The molecule has 2 aromatic heterocycles. The molecule has 600 valence electrons. The van der Waals surface area contributed by atoms with Gasteiger partial charge in [0.15, 0.2) is 0 Å². The lowest BCUT2D eigenvalue weighted by Gasteiger charge is -2.47. The number of sulfonamides is 2. The van der Waals surface area contributed by atoms with Crippen molar-refractivity contribution in [1.82, 2.24) is 58.3 Å². The average molecular weight is 1590 g/mol. The number of carbonyl (C=O) groups is 7. The van der Waals surface area contributed by atoms with Gasteiger partial charge in [0.25, 0.3) is 17.4 Å². The molecule has 113 heavy (non-hydrogen) atoms. The van der Waals surface area contributed by atoms with Gasteiger partial charge in [-0.3, -0.25) is 58.6 Å². The van der Waals surface area contributed by atoms with E-state index in [1.807, 2.05) is 55.7 Å². The van der Waals surface area contributed by atoms with Crippen molar-refractivity contribution in [1.29, 1.82) is 0 Å². The second-order valence-electron chi connectivity index (χ2n) is 33.0. The van der Waals surface area contributed by atoms with Crippen molar-refractivity contribution in [2.45, 2.75) is 206 Å². The number of imide groups is 2. The molecule has 0 radical (unpaired) electrons. The zero-order chi connectivity index (χ0) is 78.8. The highest BCUT2D eigenvalue weighted by atomic mass is 32.2. The average Bonchev–Trinajstić information content (AvgIpc) is 1.70. The highest BCUT2D eigenvalue weighted by Gasteiger charge is 2.45. The van der Waals surface area contributed by atoms with Crippen LogP contribution in [0.4, 0.5) is 22.1 Å². The Kier molecular flexibility index (Phi) is 21.7. The third-order valence-electron chi connectivity index (χ3n) is 24.8. The maximum Gasteiger partial charge on any atom is 0.407 e. The number of hydrogen-bond donors (Lipinski definition) is 4. The molecule has 8 saturated heterocycles. The first-order valence-corrected chi connectivity index (χ1v) is 42.9. The Balaban J connectivity index is 0.000000173. The summed E-state index contributed by atoms with van der Waals surface area (Å²) in [4.78, 5) is 123. The highest BCUT2D eigenvalue weighted by Crippen LogP contribution is 2.39. The lowest BCUT2D eigenvalue weighted by atomic mass is 9.97. The normalized spacial score (nSPS) is 22.9. The van der Waals surface area contributed by atoms with E-state index in [-0.39, 0.29) is 95.2 Å². The number of ether oxygens (including phenoxy) is 2. The molecule has 0 spiro atoms. The summed E-state index contributed by atoms with van der Waals surface area (Å²) in [5.41, 5.74) is 5.21. The summed E-state index contributed by atoms with van der Waals surface area (Å²) < 4.78 is 72.1. The van der Waals surface area contributed by atoms with Crippen molar-refractivity contribution < 1.29 is 65.0 Å². The summed E-state index contributed by atoms with van der Waals surface area (Å²) in [6.07, 6.45) is 12.0. The number of pyridine rings is 1. The van der Waals surface area contributed by atoms with Crippen LogP contribution < -0.4 is 40.8 Å². The Labute approximate surface area is 657 Å². The van der Waals surface area contributed by atoms with Gasteiger partial charge in [0, 0.05) is 193 Å². The van der Waals surface area contributed by atoms with E-state index in [2.05, 4.69) is 52.7 Å². The minimum atomic E-state index is -3.76. The monoisotopic (exact) mass is 1590 g/mol. The first-order valence-electron chi connectivity index (χ1n) is 40.0. The molecule has 12 heterocycles. The molecule has 4 aromatic carbocycles. The Morgan fingerprint density at radius 3 is 1.47 bits per heavy atom. The molecular formula is C81H99N15O15S2. The van der Waals surface area contributed by atoms with Crippen LogP contribution in [-0.2, 0) is 52.3 Å². The van der Waals surface area contributed by atoms with Crippen molar-refractivity contribution in [2.75, 3.05) is 93.7 Å². The first-order chi connectivity index (χ1) is 54.3. The molecule has 6 aromatic rings. The SMILES string of the molecule is CC(C)(C)N(C(=O)O)C1CCN(S(=O)(=O)c2cccc(OC3CN(C4CCN(c5ccc6c(c5)CN(C5CCC(=O)NC5=O)C6=O)CC4)C3)c2)CC1.O=C1CCC(N2Cc3cc(N4CCC(N5CC(Oc6cccc(S(=O)(=O)N7CCC(Nc8ncc9ccc(=O)n(C%10CCCC%10)c9n8)CC7)c6)C5)CC4)ccc3C2=O)C(=O)N1. The van der Waals surface area contributed by atoms with Crippen LogP contribution in [0.25, 0.3) is 11.0 Å². The number of benzene rings is 4. The number of piperidine rings is 6. The lowest BCUT2D eigenvalue weighted by Crippen LogP contribution is -2.59. The van der Waals surface area contributed by atoms with E-state index in [1.165, 1.54) is 9.21 Å². The van der Waals surface area contributed by atoms with Gasteiger partial charge < -0.3 is 44.4 Å². The number of carboxylic acid groups (broad SMARTS) is 1. The number of rotatable bonds is 18. The Morgan fingerprint density at radius 2 is 1.02 bits per heavy atom. The number of carbonyl (C=O) groups excluding carboxylic acids is 6. The van der Waals surface area contributed by atoms with Crippen molar-refractivity contribution in [2.24, 2.45) is 0 Å². The quantitative estimate of drug-likeness (QED) is 0.0644. The highest BCUT2D eigenvalue weighted by molar-refractivity contribution is 7.89. The summed E-state index contributed by atoms with van der Waals surface area (Å²) >= 11 is 0. The van der Waals surface area contributed by atoms with Gasteiger partial charge in [-0.1, -0.05) is 25.0 Å². The number of anilines is 3. The molecule has 32 heteroatoms. The molecule has 2 unspecified atom stereocenters. The van der Waals surface area contributed by atoms with Crippen LogP contribution in [0.5, 0.6) is 11.5 Å². The zero-order valence-corrected chi connectivity index (χ0v) is 65.7. The smallest absolute Gasteiger partial charge is 0.407 e.